The molecule has 0 aliphatic heterocycles. The lowest BCUT2D eigenvalue weighted by atomic mass is 9.89. The number of rotatable bonds is 3. The van der Waals surface area contributed by atoms with Crippen molar-refractivity contribution in [1.29, 1.82) is 0 Å². The van der Waals surface area contributed by atoms with Gasteiger partial charge in [-0.3, -0.25) is 4.79 Å². The van der Waals surface area contributed by atoms with E-state index in [-0.39, 0.29) is 11.9 Å². The first-order chi connectivity index (χ1) is 5.84. The summed E-state index contributed by atoms with van der Waals surface area (Å²) < 4.78 is 5.04. The minimum atomic E-state index is 0.00847. The van der Waals surface area contributed by atoms with Gasteiger partial charge in [-0.15, -0.1) is 0 Å². The average molecular weight is 235 g/mol. The Hall–Kier alpha value is -0.0500. The van der Waals surface area contributed by atoms with Gasteiger partial charge in [0.1, 0.15) is 6.61 Å². The summed E-state index contributed by atoms with van der Waals surface area (Å²) in [4.78, 5) is 11.3. The molecule has 0 bridgehead atoms. The lowest BCUT2D eigenvalue weighted by Gasteiger charge is -2.19. The average Bonchev–Trinajstić information content (AvgIpc) is 2.15. The fourth-order valence-corrected chi connectivity index (χ4v) is 1.76. The molecule has 0 N–H and O–H groups in total. The number of halogens is 1. The van der Waals surface area contributed by atoms with Gasteiger partial charge in [-0.1, -0.05) is 35.2 Å². The van der Waals surface area contributed by atoms with Crippen LogP contribution >= 0.6 is 15.9 Å². The predicted octanol–water partition coefficient (Wildman–Crippen LogP) is 2.50. The molecular formula is C9H15BrO2. The van der Waals surface area contributed by atoms with Gasteiger partial charge in [0, 0.05) is 5.33 Å². The van der Waals surface area contributed by atoms with E-state index in [9.17, 15) is 4.79 Å². The zero-order valence-corrected chi connectivity index (χ0v) is 8.81. The maximum absolute atomic E-state index is 11.3. The molecule has 12 heavy (non-hydrogen) atoms. The molecule has 0 aromatic heterocycles. The number of esters is 1. The van der Waals surface area contributed by atoms with Crippen molar-refractivity contribution in [1.82, 2.24) is 0 Å². The fourth-order valence-electron chi connectivity index (χ4n) is 1.60. The van der Waals surface area contributed by atoms with Crippen LogP contribution in [-0.4, -0.2) is 17.9 Å². The first-order valence-electron chi connectivity index (χ1n) is 4.57. The molecule has 1 fully saturated rings. The maximum atomic E-state index is 11.3. The fraction of sp³-hybridized carbons (Fsp3) is 0.889. The van der Waals surface area contributed by atoms with Crippen molar-refractivity contribution >= 4 is 21.9 Å². The van der Waals surface area contributed by atoms with Crippen LogP contribution in [0.2, 0.25) is 0 Å². The Morgan fingerprint density at radius 3 is 2.58 bits per heavy atom. The monoisotopic (exact) mass is 234 g/mol. The van der Waals surface area contributed by atoms with E-state index >= 15 is 0 Å². The summed E-state index contributed by atoms with van der Waals surface area (Å²) in [7, 11) is 0. The highest BCUT2D eigenvalue weighted by atomic mass is 79.9. The highest BCUT2D eigenvalue weighted by Crippen LogP contribution is 2.24. The van der Waals surface area contributed by atoms with Gasteiger partial charge in [0.2, 0.25) is 0 Å². The van der Waals surface area contributed by atoms with Crippen LogP contribution < -0.4 is 0 Å². The third kappa shape index (κ3) is 3.13. The molecule has 0 radical (unpaired) electrons. The smallest absolute Gasteiger partial charge is 0.308 e. The van der Waals surface area contributed by atoms with Crippen LogP contribution in [0, 0.1) is 5.92 Å². The van der Waals surface area contributed by atoms with Crippen LogP contribution in [0.1, 0.15) is 32.1 Å². The van der Waals surface area contributed by atoms with Crippen LogP contribution in [0.5, 0.6) is 0 Å². The van der Waals surface area contributed by atoms with Gasteiger partial charge in [0.05, 0.1) is 5.92 Å². The molecule has 1 rings (SSSR count). The lowest BCUT2D eigenvalue weighted by molar-refractivity contribution is -0.148. The third-order valence-corrected chi connectivity index (χ3v) is 2.58. The van der Waals surface area contributed by atoms with Crippen molar-refractivity contribution in [2.24, 2.45) is 5.92 Å². The van der Waals surface area contributed by atoms with E-state index in [1.165, 1.54) is 19.3 Å². The summed E-state index contributed by atoms with van der Waals surface area (Å²) in [5, 5.41) is 0.742. The van der Waals surface area contributed by atoms with E-state index < -0.39 is 0 Å². The number of carbonyl (C=O) groups is 1. The van der Waals surface area contributed by atoms with E-state index in [1.807, 2.05) is 0 Å². The second-order valence-electron chi connectivity index (χ2n) is 3.19. The molecule has 0 unspecified atom stereocenters. The van der Waals surface area contributed by atoms with Crippen molar-refractivity contribution in [3.63, 3.8) is 0 Å². The molecular weight excluding hydrogens is 220 g/mol. The molecule has 70 valence electrons. The molecule has 0 aromatic carbocycles. The van der Waals surface area contributed by atoms with Gasteiger partial charge in [-0.05, 0) is 12.8 Å². The largest absolute Gasteiger partial charge is 0.465 e. The van der Waals surface area contributed by atoms with Crippen LogP contribution in [0.25, 0.3) is 0 Å². The molecule has 1 aliphatic rings. The highest BCUT2D eigenvalue weighted by Gasteiger charge is 2.21. The zero-order chi connectivity index (χ0) is 8.81. The molecule has 0 spiro atoms. The molecule has 0 saturated heterocycles. The van der Waals surface area contributed by atoms with Gasteiger partial charge < -0.3 is 4.74 Å². The Balaban J connectivity index is 2.20. The number of carbonyl (C=O) groups excluding carboxylic acids is 1. The number of ether oxygens (including phenoxy) is 1. The molecule has 0 aromatic rings. The predicted molar refractivity (Wildman–Crippen MR) is 51.3 cm³/mol. The van der Waals surface area contributed by atoms with Gasteiger partial charge in [0.15, 0.2) is 0 Å². The summed E-state index contributed by atoms with van der Waals surface area (Å²) in [6, 6.07) is 0. The summed E-state index contributed by atoms with van der Waals surface area (Å²) in [6.45, 7) is 0.509. The second-order valence-corrected chi connectivity index (χ2v) is 3.98. The molecule has 0 amide bonds. The topological polar surface area (TPSA) is 26.3 Å². The van der Waals surface area contributed by atoms with E-state index in [0.717, 1.165) is 18.2 Å². The van der Waals surface area contributed by atoms with Crippen LogP contribution in [0.15, 0.2) is 0 Å². The van der Waals surface area contributed by atoms with Crippen LogP contribution in [0.3, 0.4) is 0 Å². The zero-order valence-electron chi connectivity index (χ0n) is 7.22. The van der Waals surface area contributed by atoms with Crippen molar-refractivity contribution in [3.8, 4) is 0 Å². The molecule has 1 saturated carbocycles. The third-order valence-electron chi connectivity index (χ3n) is 2.26. The van der Waals surface area contributed by atoms with Crippen molar-refractivity contribution in [2.45, 2.75) is 32.1 Å². The van der Waals surface area contributed by atoms with Crippen molar-refractivity contribution in [2.75, 3.05) is 11.9 Å². The standard InChI is InChI=1S/C9H15BrO2/c10-6-7-12-9(11)8-4-2-1-3-5-8/h8H,1-7H2. The first-order valence-corrected chi connectivity index (χ1v) is 5.69. The Labute approximate surface area is 81.8 Å². The lowest BCUT2D eigenvalue weighted by Crippen LogP contribution is -2.20. The van der Waals surface area contributed by atoms with Crippen LogP contribution in [0.4, 0.5) is 0 Å². The number of hydrogen-bond acceptors (Lipinski definition) is 2. The molecule has 0 atom stereocenters. The Kier molecular flexibility index (Phi) is 4.66. The summed E-state index contributed by atoms with van der Waals surface area (Å²) in [6.07, 6.45) is 5.71. The van der Waals surface area contributed by atoms with Gasteiger partial charge >= 0.3 is 5.97 Å². The Morgan fingerprint density at radius 2 is 2.00 bits per heavy atom. The van der Waals surface area contributed by atoms with E-state index in [1.54, 1.807) is 0 Å². The molecule has 2 nitrogen and oxygen atoms in total. The number of alkyl halides is 1. The van der Waals surface area contributed by atoms with Crippen LogP contribution in [-0.2, 0) is 9.53 Å². The quantitative estimate of drug-likeness (QED) is 0.555. The van der Waals surface area contributed by atoms with Crippen molar-refractivity contribution in [3.05, 3.63) is 0 Å². The van der Waals surface area contributed by atoms with E-state index in [2.05, 4.69) is 15.9 Å². The van der Waals surface area contributed by atoms with E-state index in [0.29, 0.717) is 6.61 Å². The number of hydrogen-bond donors (Lipinski definition) is 0. The maximum Gasteiger partial charge on any atom is 0.308 e. The summed E-state index contributed by atoms with van der Waals surface area (Å²) in [5.74, 6) is 0.201. The summed E-state index contributed by atoms with van der Waals surface area (Å²) >= 11 is 3.22. The second kappa shape index (κ2) is 5.57. The molecule has 1 aliphatic carbocycles. The van der Waals surface area contributed by atoms with E-state index in [4.69, 9.17) is 4.74 Å². The van der Waals surface area contributed by atoms with Gasteiger partial charge in [-0.2, -0.15) is 0 Å². The molecule has 3 heteroatoms. The van der Waals surface area contributed by atoms with Crippen molar-refractivity contribution < 1.29 is 9.53 Å². The Bertz CT molecular complexity index is 141. The first kappa shape index (κ1) is 10.0. The minimum absolute atomic E-state index is 0.00847. The minimum Gasteiger partial charge on any atom is -0.465 e. The van der Waals surface area contributed by atoms with Gasteiger partial charge in [0.25, 0.3) is 0 Å². The Morgan fingerprint density at radius 1 is 1.33 bits per heavy atom. The normalized spacial score (nSPS) is 19.1. The SMILES string of the molecule is O=C(OCCBr)C1CCCCC1. The highest BCUT2D eigenvalue weighted by molar-refractivity contribution is 9.09. The summed E-state index contributed by atoms with van der Waals surface area (Å²) in [5.41, 5.74) is 0. The molecule has 0 heterocycles. The van der Waals surface area contributed by atoms with Gasteiger partial charge in [-0.25, -0.2) is 0 Å².